The van der Waals surface area contributed by atoms with E-state index < -0.39 is 0 Å². The molecule has 2 aromatic rings. The maximum absolute atomic E-state index is 12.1. The van der Waals surface area contributed by atoms with Crippen LogP contribution >= 0.6 is 11.6 Å². The van der Waals surface area contributed by atoms with Crippen LogP contribution in [0.3, 0.4) is 0 Å². The molecule has 1 unspecified atom stereocenters. The maximum atomic E-state index is 12.1. The van der Waals surface area contributed by atoms with Crippen molar-refractivity contribution in [2.24, 2.45) is 0 Å². The molecule has 7 heteroatoms. The number of H-pyrrole nitrogens is 1. The van der Waals surface area contributed by atoms with E-state index in [9.17, 15) is 9.59 Å². The number of carbonyl (C=O) groups excluding carboxylic acids is 1. The quantitative estimate of drug-likeness (QED) is 0.804. The number of fused-ring (bicyclic) bond motifs is 1. The number of aromatic amines is 1. The van der Waals surface area contributed by atoms with Crippen LogP contribution in [0.2, 0.25) is 5.02 Å². The predicted octanol–water partition coefficient (Wildman–Crippen LogP) is 0.460. The lowest BCUT2D eigenvalue weighted by molar-refractivity contribution is -0.886. The van der Waals surface area contributed by atoms with Crippen LogP contribution in [0.5, 0.6) is 0 Å². The van der Waals surface area contributed by atoms with Crippen molar-refractivity contribution in [1.82, 2.24) is 14.9 Å². The summed E-state index contributed by atoms with van der Waals surface area (Å²) in [4.78, 5) is 34.2. The maximum Gasteiger partial charge on any atom is 0.277 e. The zero-order valence-corrected chi connectivity index (χ0v) is 14.4. The van der Waals surface area contributed by atoms with E-state index >= 15 is 0 Å². The van der Waals surface area contributed by atoms with Gasteiger partial charge in [0.25, 0.3) is 11.5 Å². The summed E-state index contributed by atoms with van der Waals surface area (Å²) in [6.07, 6.45) is 0. The molecule has 0 fully saturated rings. The second-order valence-corrected chi connectivity index (χ2v) is 5.99. The average Bonchev–Trinajstić information content (AvgIpc) is 2.47. The molecule has 0 bridgehead atoms. The number of aromatic nitrogens is 2. The first-order valence-corrected chi connectivity index (χ1v) is 8.09. The summed E-state index contributed by atoms with van der Waals surface area (Å²) in [5.74, 6) is 0.647. The summed E-state index contributed by atoms with van der Waals surface area (Å²) in [6, 6.07) is 5.00. The number of carbonyl (C=O) groups is 1. The van der Waals surface area contributed by atoms with Crippen molar-refractivity contribution in [3.63, 3.8) is 0 Å². The van der Waals surface area contributed by atoms with Crippen molar-refractivity contribution in [3.8, 4) is 0 Å². The number of benzene rings is 1. The van der Waals surface area contributed by atoms with E-state index in [2.05, 4.69) is 9.97 Å². The molecular weight excluding hydrogens is 316 g/mol. The summed E-state index contributed by atoms with van der Waals surface area (Å²) in [5.41, 5.74) is 0.378. The number of hydrogen-bond donors (Lipinski definition) is 2. The van der Waals surface area contributed by atoms with Crippen LogP contribution < -0.4 is 10.5 Å². The molecule has 124 valence electrons. The summed E-state index contributed by atoms with van der Waals surface area (Å²) in [6.45, 7) is 6.15. The molecule has 2 N–H and O–H groups in total. The zero-order valence-electron chi connectivity index (χ0n) is 13.6. The van der Waals surface area contributed by atoms with Gasteiger partial charge in [-0.15, -0.1) is 0 Å². The molecule has 1 aromatic carbocycles. The van der Waals surface area contributed by atoms with Crippen LogP contribution in [0.1, 0.15) is 19.7 Å². The summed E-state index contributed by atoms with van der Waals surface area (Å²) >= 11 is 5.96. The molecule has 0 aliphatic heterocycles. The third kappa shape index (κ3) is 4.30. The molecule has 0 spiro atoms. The summed E-state index contributed by atoms with van der Waals surface area (Å²) < 4.78 is 0. The number of amides is 1. The fraction of sp³-hybridized carbons (Fsp3) is 0.438. The van der Waals surface area contributed by atoms with Gasteiger partial charge in [0.05, 0.1) is 18.0 Å². The molecule has 23 heavy (non-hydrogen) atoms. The largest absolute Gasteiger partial charge is 0.338 e. The first kappa shape index (κ1) is 17.4. The van der Waals surface area contributed by atoms with Crippen molar-refractivity contribution < 1.29 is 9.69 Å². The van der Waals surface area contributed by atoms with E-state index in [0.717, 1.165) is 4.90 Å². The van der Waals surface area contributed by atoms with Crippen LogP contribution in [0.25, 0.3) is 10.9 Å². The first-order valence-electron chi connectivity index (χ1n) is 7.72. The number of nitrogens with one attached hydrogen (secondary N) is 2. The van der Waals surface area contributed by atoms with Gasteiger partial charge in [0.2, 0.25) is 0 Å². The van der Waals surface area contributed by atoms with Gasteiger partial charge in [0, 0.05) is 18.1 Å². The standard InChI is InChI=1S/C16H21ClN4O2/c1-4-21(5-2)15(22)10-20(3)9-14-18-13-8-11(17)6-7-12(13)16(23)19-14/h6-8H,4-5,9-10H2,1-3H3,(H,18,19,23)/p+1. The first-order chi connectivity index (χ1) is 10.9. The molecule has 0 saturated carbocycles. The minimum absolute atomic E-state index is 0.0960. The molecule has 0 aliphatic carbocycles. The van der Waals surface area contributed by atoms with E-state index in [1.807, 2.05) is 20.9 Å². The molecule has 0 radical (unpaired) electrons. The monoisotopic (exact) mass is 337 g/mol. The second-order valence-electron chi connectivity index (χ2n) is 5.55. The van der Waals surface area contributed by atoms with Gasteiger partial charge < -0.3 is 14.8 Å². The van der Waals surface area contributed by atoms with Crippen molar-refractivity contribution in [1.29, 1.82) is 0 Å². The normalized spacial score (nSPS) is 12.3. The Kier molecular flexibility index (Phi) is 5.74. The number of nitrogens with zero attached hydrogens (tertiary/aromatic N) is 2. The molecule has 0 saturated heterocycles. The SMILES string of the molecule is CCN(CC)C(=O)C[NH+](C)Cc1nc2cc(Cl)ccc2c(=O)[nH]1. The second kappa shape index (κ2) is 7.57. The van der Waals surface area contributed by atoms with Gasteiger partial charge in [0.15, 0.2) is 12.4 Å². The third-order valence-corrected chi connectivity index (χ3v) is 3.99. The Balaban J connectivity index is 2.15. The lowest BCUT2D eigenvalue weighted by Crippen LogP contribution is -3.09. The lowest BCUT2D eigenvalue weighted by Gasteiger charge is -2.20. The Morgan fingerprint density at radius 3 is 2.70 bits per heavy atom. The van der Waals surface area contributed by atoms with Gasteiger partial charge in [0.1, 0.15) is 6.54 Å². The highest BCUT2D eigenvalue weighted by Gasteiger charge is 2.16. The molecule has 0 aliphatic rings. The zero-order chi connectivity index (χ0) is 17.0. The van der Waals surface area contributed by atoms with Gasteiger partial charge in [-0.1, -0.05) is 11.6 Å². The van der Waals surface area contributed by atoms with Crippen LogP contribution in [-0.2, 0) is 11.3 Å². The fourth-order valence-electron chi connectivity index (χ4n) is 2.54. The molecule has 2 rings (SSSR count). The Morgan fingerprint density at radius 2 is 2.04 bits per heavy atom. The number of rotatable bonds is 6. The van der Waals surface area contributed by atoms with Crippen molar-refractivity contribution in [2.45, 2.75) is 20.4 Å². The third-order valence-electron chi connectivity index (χ3n) is 3.76. The minimum Gasteiger partial charge on any atom is -0.338 e. The minimum atomic E-state index is -0.190. The van der Waals surface area contributed by atoms with Crippen molar-refractivity contribution >= 4 is 28.4 Å². The highest BCUT2D eigenvalue weighted by atomic mass is 35.5. The van der Waals surface area contributed by atoms with Gasteiger partial charge in [-0.2, -0.15) is 0 Å². The Labute approximate surface area is 140 Å². The summed E-state index contributed by atoms with van der Waals surface area (Å²) in [5, 5.41) is 1.05. The molecule has 1 amide bonds. The molecular formula is C16H22ClN4O2+. The van der Waals surface area contributed by atoms with Crippen LogP contribution in [-0.4, -0.2) is 47.5 Å². The molecule has 6 nitrogen and oxygen atoms in total. The van der Waals surface area contributed by atoms with Gasteiger partial charge in [-0.25, -0.2) is 4.98 Å². The number of halogens is 1. The Bertz CT molecular complexity index is 755. The summed E-state index contributed by atoms with van der Waals surface area (Å²) in [7, 11) is 1.91. The predicted molar refractivity (Wildman–Crippen MR) is 90.8 cm³/mol. The van der Waals surface area contributed by atoms with E-state index in [-0.39, 0.29) is 11.5 Å². The van der Waals surface area contributed by atoms with Gasteiger partial charge in [-0.3, -0.25) is 9.59 Å². The van der Waals surface area contributed by atoms with E-state index in [1.54, 1.807) is 23.1 Å². The van der Waals surface area contributed by atoms with Gasteiger partial charge in [-0.05, 0) is 32.0 Å². The molecule has 1 atom stereocenters. The molecule has 1 heterocycles. The lowest BCUT2D eigenvalue weighted by atomic mass is 10.2. The number of hydrogen-bond acceptors (Lipinski definition) is 3. The van der Waals surface area contributed by atoms with E-state index in [0.29, 0.717) is 47.9 Å². The highest BCUT2D eigenvalue weighted by molar-refractivity contribution is 6.31. The van der Waals surface area contributed by atoms with Crippen molar-refractivity contribution in [3.05, 3.63) is 39.4 Å². The topological polar surface area (TPSA) is 70.5 Å². The van der Waals surface area contributed by atoms with Crippen LogP contribution in [0.15, 0.2) is 23.0 Å². The van der Waals surface area contributed by atoms with E-state index in [4.69, 9.17) is 11.6 Å². The highest BCUT2D eigenvalue weighted by Crippen LogP contribution is 2.14. The van der Waals surface area contributed by atoms with Crippen LogP contribution in [0, 0.1) is 0 Å². The fourth-order valence-corrected chi connectivity index (χ4v) is 2.71. The molecule has 1 aromatic heterocycles. The van der Waals surface area contributed by atoms with Crippen LogP contribution in [0.4, 0.5) is 0 Å². The van der Waals surface area contributed by atoms with Crippen molar-refractivity contribution in [2.75, 3.05) is 26.7 Å². The number of quaternary nitrogens is 1. The average molecular weight is 338 g/mol. The van der Waals surface area contributed by atoms with E-state index in [1.165, 1.54) is 0 Å². The van der Waals surface area contributed by atoms with Gasteiger partial charge >= 0.3 is 0 Å². The Hall–Kier alpha value is -1.92. The smallest absolute Gasteiger partial charge is 0.277 e. The Morgan fingerprint density at radius 1 is 1.35 bits per heavy atom. The number of likely N-dealkylation sites (N-methyl/N-ethyl adjacent to an activating group) is 2.